The molecule has 0 fully saturated rings. The molecule has 0 aliphatic carbocycles. The molecule has 0 saturated heterocycles. The van der Waals surface area contributed by atoms with Gasteiger partial charge in [0, 0.05) is 22.6 Å². The molecule has 8 heteroatoms. The topological polar surface area (TPSA) is 92.9 Å². The number of hydrazone groups is 1. The first-order valence-electron chi connectivity index (χ1n) is 9.08. The van der Waals surface area contributed by atoms with E-state index in [1.54, 1.807) is 42.5 Å². The number of rotatable bonds is 7. The van der Waals surface area contributed by atoms with Gasteiger partial charge in [0.2, 0.25) is 0 Å². The molecular formula is C22H20ClN3O4. The Morgan fingerprint density at radius 3 is 2.67 bits per heavy atom. The van der Waals surface area contributed by atoms with Gasteiger partial charge in [0.25, 0.3) is 5.91 Å². The van der Waals surface area contributed by atoms with Crippen molar-refractivity contribution in [1.29, 1.82) is 0 Å². The maximum absolute atomic E-state index is 11.9. The average molecular weight is 426 g/mol. The Morgan fingerprint density at radius 1 is 1.17 bits per heavy atom. The fourth-order valence-corrected chi connectivity index (χ4v) is 3.20. The number of nitrogens with zero attached hydrogens (tertiary/aromatic N) is 2. The minimum atomic E-state index is -0.984. The van der Waals surface area contributed by atoms with Crippen molar-refractivity contribution >= 4 is 29.7 Å². The summed E-state index contributed by atoms with van der Waals surface area (Å²) in [5.41, 5.74) is 5.92. The lowest BCUT2D eigenvalue weighted by molar-refractivity contribution is -0.123. The molecule has 0 unspecified atom stereocenters. The molecule has 0 saturated carbocycles. The van der Waals surface area contributed by atoms with Gasteiger partial charge in [-0.2, -0.15) is 5.10 Å². The molecule has 0 aliphatic heterocycles. The van der Waals surface area contributed by atoms with Crippen LogP contribution in [0.3, 0.4) is 0 Å². The zero-order chi connectivity index (χ0) is 21.7. The molecule has 0 spiro atoms. The zero-order valence-electron chi connectivity index (χ0n) is 16.4. The highest BCUT2D eigenvalue weighted by Gasteiger charge is 2.12. The van der Waals surface area contributed by atoms with Crippen molar-refractivity contribution in [3.63, 3.8) is 0 Å². The first kappa shape index (κ1) is 21.1. The Bertz CT molecular complexity index is 1120. The van der Waals surface area contributed by atoms with Crippen LogP contribution >= 0.6 is 11.6 Å². The molecule has 1 amide bonds. The molecule has 3 aromatic rings. The smallest absolute Gasteiger partial charge is 0.335 e. The van der Waals surface area contributed by atoms with Crippen LogP contribution in [0.5, 0.6) is 5.75 Å². The summed E-state index contributed by atoms with van der Waals surface area (Å²) in [4.78, 5) is 23.2. The summed E-state index contributed by atoms with van der Waals surface area (Å²) in [6, 6.07) is 15.5. The van der Waals surface area contributed by atoms with Gasteiger partial charge in [0.05, 0.1) is 16.8 Å². The fourth-order valence-electron chi connectivity index (χ4n) is 3.00. The highest BCUT2D eigenvalue weighted by Crippen LogP contribution is 2.23. The van der Waals surface area contributed by atoms with E-state index in [4.69, 9.17) is 16.3 Å². The second kappa shape index (κ2) is 9.28. The molecule has 0 radical (unpaired) electrons. The third kappa shape index (κ3) is 4.87. The van der Waals surface area contributed by atoms with Gasteiger partial charge < -0.3 is 14.4 Å². The second-order valence-electron chi connectivity index (χ2n) is 6.53. The summed E-state index contributed by atoms with van der Waals surface area (Å²) >= 11 is 5.98. The number of para-hydroxylation sites is 1. The number of halogens is 1. The van der Waals surface area contributed by atoms with Gasteiger partial charge >= 0.3 is 5.97 Å². The third-order valence-corrected chi connectivity index (χ3v) is 4.72. The highest BCUT2D eigenvalue weighted by atomic mass is 35.5. The quantitative estimate of drug-likeness (QED) is 0.442. The number of aromatic nitrogens is 1. The van der Waals surface area contributed by atoms with Gasteiger partial charge in [-0.15, -0.1) is 0 Å². The summed E-state index contributed by atoms with van der Waals surface area (Å²) in [6.45, 7) is 3.58. The van der Waals surface area contributed by atoms with Crippen LogP contribution in [0.2, 0.25) is 5.02 Å². The predicted octanol–water partition coefficient (Wildman–Crippen LogP) is 3.97. The van der Waals surface area contributed by atoms with Crippen LogP contribution in [0, 0.1) is 13.8 Å². The van der Waals surface area contributed by atoms with Crippen molar-refractivity contribution in [3.8, 4) is 11.4 Å². The molecule has 1 aromatic heterocycles. The van der Waals surface area contributed by atoms with Crippen molar-refractivity contribution in [3.05, 3.63) is 82.1 Å². The molecular weight excluding hydrogens is 406 g/mol. The van der Waals surface area contributed by atoms with Gasteiger partial charge in [-0.05, 0) is 50.2 Å². The maximum atomic E-state index is 11.9. The van der Waals surface area contributed by atoms with E-state index in [0.29, 0.717) is 10.8 Å². The number of carboxylic acid groups (broad SMARTS) is 1. The predicted molar refractivity (Wildman–Crippen MR) is 115 cm³/mol. The first-order chi connectivity index (χ1) is 14.4. The summed E-state index contributed by atoms with van der Waals surface area (Å²) < 4.78 is 7.29. The van der Waals surface area contributed by atoms with Gasteiger partial charge in [0.15, 0.2) is 6.61 Å². The standard InChI is InChI=1S/C22H20ClN3O4/c1-14-10-17(15(2)26(14)18-7-5-6-16(11-18)22(28)29)12-24-25-21(27)13-30-20-9-4-3-8-19(20)23/h3-12H,13H2,1-2H3,(H,25,27)(H,28,29)/b24-12-. The molecule has 0 atom stereocenters. The van der Waals surface area contributed by atoms with Gasteiger partial charge in [-0.3, -0.25) is 4.79 Å². The lowest BCUT2D eigenvalue weighted by Gasteiger charge is -2.10. The van der Waals surface area contributed by atoms with Crippen LogP contribution in [0.15, 0.2) is 59.7 Å². The van der Waals surface area contributed by atoms with Crippen molar-refractivity contribution in [2.24, 2.45) is 5.10 Å². The molecule has 30 heavy (non-hydrogen) atoms. The largest absolute Gasteiger partial charge is 0.482 e. The van der Waals surface area contributed by atoms with E-state index in [2.05, 4.69) is 10.5 Å². The number of nitrogens with one attached hydrogen (secondary N) is 1. The van der Waals surface area contributed by atoms with Crippen LogP contribution in [-0.4, -0.2) is 34.4 Å². The monoisotopic (exact) mass is 425 g/mol. The number of aromatic carboxylic acids is 1. The number of benzene rings is 2. The van der Waals surface area contributed by atoms with E-state index < -0.39 is 11.9 Å². The molecule has 2 aromatic carbocycles. The number of carboxylic acids is 1. The normalized spacial score (nSPS) is 10.9. The van der Waals surface area contributed by atoms with Crippen molar-refractivity contribution in [2.45, 2.75) is 13.8 Å². The van der Waals surface area contributed by atoms with E-state index in [-0.39, 0.29) is 12.2 Å². The number of ether oxygens (including phenoxy) is 1. The Hall–Kier alpha value is -3.58. The molecule has 7 nitrogen and oxygen atoms in total. The summed E-state index contributed by atoms with van der Waals surface area (Å²) in [7, 11) is 0. The van der Waals surface area contributed by atoms with Crippen molar-refractivity contribution in [1.82, 2.24) is 9.99 Å². The minimum Gasteiger partial charge on any atom is -0.482 e. The van der Waals surface area contributed by atoms with Gasteiger partial charge in [0.1, 0.15) is 5.75 Å². The lowest BCUT2D eigenvalue weighted by Crippen LogP contribution is -2.24. The van der Waals surface area contributed by atoms with Crippen molar-refractivity contribution in [2.75, 3.05) is 6.61 Å². The first-order valence-corrected chi connectivity index (χ1v) is 9.46. The van der Waals surface area contributed by atoms with Crippen LogP contribution in [0.25, 0.3) is 5.69 Å². The van der Waals surface area contributed by atoms with Gasteiger partial charge in [-0.1, -0.05) is 29.8 Å². The average Bonchev–Trinajstić information content (AvgIpc) is 3.00. The maximum Gasteiger partial charge on any atom is 0.335 e. The lowest BCUT2D eigenvalue weighted by atomic mass is 10.2. The highest BCUT2D eigenvalue weighted by molar-refractivity contribution is 6.32. The van der Waals surface area contributed by atoms with Crippen molar-refractivity contribution < 1.29 is 19.4 Å². The summed E-state index contributed by atoms with van der Waals surface area (Å²) in [5, 5.41) is 13.6. The number of aryl methyl sites for hydroxylation is 1. The van der Waals surface area contributed by atoms with E-state index in [9.17, 15) is 14.7 Å². The zero-order valence-corrected chi connectivity index (χ0v) is 17.2. The molecule has 3 rings (SSSR count). The Balaban J connectivity index is 1.67. The SMILES string of the molecule is Cc1cc(/C=N\NC(=O)COc2ccccc2Cl)c(C)n1-c1cccc(C(=O)O)c1. The van der Waals surface area contributed by atoms with Crippen LogP contribution in [0.1, 0.15) is 27.3 Å². The van der Waals surface area contributed by atoms with E-state index in [0.717, 1.165) is 22.6 Å². The van der Waals surface area contributed by atoms with Crippen LogP contribution in [-0.2, 0) is 4.79 Å². The fraction of sp³-hybridized carbons (Fsp3) is 0.136. The molecule has 2 N–H and O–H groups in total. The van der Waals surface area contributed by atoms with E-state index >= 15 is 0 Å². The molecule has 0 aliphatic rings. The Kier molecular flexibility index (Phi) is 6.54. The van der Waals surface area contributed by atoms with Crippen LogP contribution in [0.4, 0.5) is 0 Å². The Morgan fingerprint density at radius 2 is 1.93 bits per heavy atom. The number of hydrogen-bond acceptors (Lipinski definition) is 4. The Labute approximate surface area is 178 Å². The van der Waals surface area contributed by atoms with E-state index in [1.807, 2.05) is 30.5 Å². The van der Waals surface area contributed by atoms with Gasteiger partial charge in [-0.25, -0.2) is 10.2 Å². The molecule has 154 valence electrons. The van der Waals surface area contributed by atoms with Crippen LogP contribution < -0.4 is 10.2 Å². The second-order valence-corrected chi connectivity index (χ2v) is 6.94. The number of carbonyl (C=O) groups is 2. The third-order valence-electron chi connectivity index (χ3n) is 4.41. The number of amides is 1. The molecule has 1 heterocycles. The number of hydrogen-bond donors (Lipinski definition) is 2. The summed E-state index contributed by atoms with van der Waals surface area (Å²) in [6.07, 6.45) is 1.53. The summed E-state index contributed by atoms with van der Waals surface area (Å²) in [5.74, 6) is -0.984. The minimum absolute atomic E-state index is 0.209. The molecule has 0 bridgehead atoms. The van der Waals surface area contributed by atoms with E-state index in [1.165, 1.54) is 6.21 Å². The number of carbonyl (C=O) groups excluding carboxylic acids is 1.